The lowest BCUT2D eigenvalue weighted by Crippen LogP contribution is -1.95. The van der Waals surface area contributed by atoms with Crippen molar-refractivity contribution in [3.63, 3.8) is 0 Å². The van der Waals surface area contributed by atoms with Gasteiger partial charge in [0, 0.05) is 11.2 Å². The summed E-state index contributed by atoms with van der Waals surface area (Å²) in [7, 11) is 0. The molecule has 0 saturated heterocycles. The molecule has 0 aliphatic carbocycles. The summed E-state index contributed by atoms with van der Waals surface area (Å²) < 4.78 is 5.60. The Morgan fingerprint density at radius 3 is 2.88 bits per heavy atom. The molecule has 0 aliphatic heterocycles. The van der Waals surface area contributed by atoms with Gasteiger partial charge in [0.25, 0.3) is 0 Å². The van der Waals surface area contributed by atoms with Crippen LogP contribution < -0.4 is 10.5 Å². The number of nitrogens with two attached hydrogens (primary N) is 1. The van der Waals surface area contributed by atoms with E-state index in [2.05, 4.69) is 4.98 Å². The molecule has 0 unspecified atom stereocenters. The number of ether oxygens (including phenoxy) is 1. The Kier molecular flexibility index (Phi) is 2.97. The molecule has 2 rings (SSSR count). The standard InChI is InChI=1S/C12H11ClN2O/c1-8-4-5-9(13)7-11(8)16-12-10(14)3-2-6-15-12/h2-7H,14H2,1H3. The predicted octanol–water partition coefficient (Wildman–Crippen LogP) is 3.42. The number of anilines is 1. The van der Waals surface area contributed by atoms with Crippen LogP contribution in [-0.4, -0.2) is 4.98 Å². The van der Waals surface area contributed by atoms with Gasteiger partial charge >= 0.3 is 0 Å². The largest absolute Gasteiger partial charge is 0.437 e. The molecule has 0 radical (unpaired) electrons. The van der Waals surface area contributed by atoms with Crippen LogP contribution in [0.5, 0.6) is 11.6 Å². The molecule has 0 atom stereocenters. The third kappa shape index (κ3) is 2.25. The number of pyridine rings is 1. The first-order chi connectivity index (χ1) is 7.66. The first kappa shape index (κ1) is 10.8. The van der Waals surface area contributed by atoms with Crippen molar-refractivity contribution in [1.29, 1.82) is 0 Å². The number of halogens is 1. The Morgan fingerprint density at radius 1 is 1.31 bits per heavy atom. The first-order valence-electron chi connectivity index (χ1n) is 4.81. The van der Waals surface area contributed by atoms with Crippen LogP contribution in [0.3, 0.4) is 0 Å². The van der Waals surface area contributed by atoms with Gasteiger partial charge in [0.2, 0.25) is 5.88 Å². The second-order valence-electron chi connectivity index (χ2n) is 3.41. The molecule has 1 heterocycles. The molecule has 2 aromatic rings. The zero-order chi connectivity index (χ0) is 11.5. The molecule has 1 aromatic carbocycles. The molecule has 0 spiro atoms. The molecular weight excluding hydrogens is 224 g/mol. The van der Waals surface area contributed by atoms with Crippen LogP contribution in [0.1, 0.15) is 5.56 Å². The molecule has 3 nitrogen and oxygen atoms in total. The van der Waals surface area contributed by atoms with E-state index in [0.717, 1.165) is 5.56 Å². The maximum atomic E-state index is 5.89. The summed E-state index contributed by atoms with van der Waals surface area (Å²) in [5.74, 6) is 1.06. The van der Waals surface area contributed by atoms with Gasteiger partial charge in [-0.3, -0.25) is 0 Å². The third-order valence-electron chi connectivity index (χ3n) is 2.16. The fourth-order valence-electron chi connectivity index (χ4n) is 1.28. The lowest BCUT2D eigenvalue weighted by Gasteiger charge is -2.09. The zero-order valence-corrected chi connectivity index (χ0v) is 9.53. The number of nitrogen functional groups attached to an aromatic ring is 1. The fraction of sp³-hybridized carbons (Fsp3) is 0.0833. The minimum absolute atomic E-state index is 0.396. The monoisotopic (exact) mass is 234 g/mol. The average molecular weight is 235 g/mol. The lowest BCUT2D eigenvalue weighted by atomic mass is 10.2. The van der Waals surface area contributed by atoms with Gasteiger partial charge in [-0.25, -0.2) is 4.98 Å². The summed E-state index contributed by atoms with van der Waals surface area (Å²) in [6, 6.07) is 8.93. The molecule has 2 N–H and O–H groups in total. The van der Waals surface area contributed by atoms with E-state index in [9.17, 15) is 0 Å². The Bertz CT molecular complexity index is 514. The van der Waals surface area contributed by atoms with Gasteiger partial charge in [0.15, 0.2) is 0 Å². The summed E-state index contributed by atoms with van der Waals surface area (Å²) in [5, 5.41) is 0.620. The highest BCUT2D eigenvalue weighted by Crippen LogP contribution is 2.29. The number of aromatic nitrogens is 1. The number of nitrogens with zero attached hydrogens (tertiary/aromatic N) is 1. The molecule has 0 fully saturated rings. The number of benzene rings is 1. The number of hydrogen-bond donors (Lipinski definition) is 1. The van der Waals surface area contributed by atoms with Crippen LogP contribution in [0.15, 0.2) is 36.5 Å². The van der Waals surface area contributed by atoms with E-state index in [1.807, 2.05) is 19.1 Å². The summed E-state index contributed by atoms with van der Waals surface area (Å²) in [4.78, 5) is 4.05. The van der Waals surface area contributed by atoms with Gasteiger partial charge in [-0.2, -0.15) is 0 Å². The van der Waals surface area contributed by atoms with E-state index in [-0.39, 0.29) is 0 Å². The zero-order valence-electron chi connectivity index (χ0n) is 8.77. The maximum absolute atomic E-state index is 5.89. The first-order valence-corrected chi connectivity index (χ1v) is 5.19. The van der Waals surface area contributed by atoms with Gasteiger partial charge in [0.05, 0.1) is 5.69 Å². The van der Waals surface area contributed by atoms with Crippen LogP contribution in [0.25, 0.3) is 0 Å². The second kappa shape index (κ2) is 4.41. The minimum Gasteiger partial charge on any atom is -0.437 e. The Balaban J connectivity index is 2.34. The van der Waals surface area contributed by atoms with Crippen LogP contribution >= 0.6 is 11.6 Å². The Morgan fingerprint density at radius 2 is 2.12 bits per heavy atom. The highest BCUT2D eigenvalue weighted by Gasteiger charge is 2.05. The van der Waals surface area contributed by atoms with Crippen LogP contribution in [0.4, 0.5) is 5.69 Å². The van der Waals surface area contributed by atoms with Gasteiger partial charge in [-0.05, 0) is 36.8 Å². The van der Waals surface area contributed by atoms with Gasteiger partial charge in [0.1, 0.15) is 5.75 Å². The SMILES string of the molecule is Cc1ccc(Cl)cc1Oc1ncccc1N. The molecule has 82 valence electrons. The van der Waals surface area contributed by atoms with Crippen LogP contribution in [0.2, 0.25) is 5.02 Å². The Labute approximate surface area is 98.8 Å². The van der Waals surface area contributed by atoms with Crippen molar-refractivity contribution in [2.45, 2.75) is 6.92 Å². The molecule has 16 heavy (non-hydrogen) atoms. The summed E-state index contributed by atoms with van der Waals surface area (Å²) in [6.45, 7) is 1.94. The van der Waals surface area contributed by atoms with Crippen molar-refractivity contribution >= 4 is 17.3 Å². The number of hydrogen-bond acceptors (Lipinski definition) is 3. The van der Waals surface area contributed by atoms with Gasteiger partial charge < -0.3 is 10.5 Å². The minimum atomic E-state index is 0.396. The Hall–Kier alpha value is -1.74. The third-order valence-corrected chi connectivity index (χ3v) is 2.39. The smallest absolute Gasteiger partial charge is 0.242 e. The molecule has 0 bridgehead atoms. The number of rotatable bonds is 2. The normalized spacial score (nSPS) is 10.1. The fourth-order valence-corrected chi connectivity index (χ4v) is 1.44. The van der Waals surface area contributed by atoms with Crippen molar-refractivity contribution in [3.8, 4) is 11.6 Å². The molecule has 4 heteroatoms. The van der Waals surface area contributed by atoms with Gasteiger partial charge in [-0.1, -0.05) is 17.7 Å². The van der Waals surface area contributed by atoms with Crippen molar-refractivity contribution in [3.05, 3.63) is 47.1 Å². The molecule has 0 aliphatic rings. The van der Waals surface area contributed by atoms with Gasteiger partial charge in [-0.15, -0.1) is 0 Å². The lowest BCUT2D eigenvalue weighted by molar-refractivity contribution is 0.462. The molecule has 0 amide bonds. The summed E-state index contributed by atoms with van der Waals surface area (Å²) in [6.07, 6.45) is 1.63. The maximum Gasteiger partial charge on any atom is 0.242 e. The molecule has 0 saturated carbocycles. The van der Waals surface area contributed by atoms with E-state index >= 15 is 0 Å². The van der Waals surface area contributed by atoms with Crippen molar-refractivity contribution in [2.75, 3.05) is 5.73 Å². The predicted molar refractivity (Wildman–Crippen MR) is 64.9 cm³/mol. The van der Waals surface area contributed by atoms with Crippen molar-refractivity contribution < 1.29 is 4.74 Å². The van der Waals surface area contributed by atoms with Crippen molar-refractivity contribution in [1.82, 2.24) is 4.98 Å². The molecule has 1 aromatic heterocycles. The van der Waals surface area contributed by atoms with Crippen LogP contribution in [-0.2, 0) is 0 Å². The highest BCUT2D eigenvalue weighted by molar-refractivity contribution is 6.30. The van der Waals surface area contributed by atoms with Crippen molar-refractivity contribution in [2.24, 2.45) is 0 Å². The van der Waals surface area contributed by atoms with E-state index in [4.69, 9.17) is 22.1 Å². The van der Waals surface area contributed by atoms with Crippen LogP contribution in [0, 0.1) is 6.92 Å². The van der Waals surface area contributed by atoms with E-state index in [1.165, 1.54) is 0 Å². The highest BCUT2D eigenvalue weighted by atomic mass is 35.5. The summed E-state index contributed by atoms with van der Waals surface area (Å²) in [5.41, 5.74) is 7.22. The second-order valence-corrected chi connectivity index (χ2v) is 3.85. The number of aryl methyl sites for hydroxylation is 1. The van der Waals surface area contributed by atoms with E-state index in [0.29, 0.717) is 22.3 Å². The quantitative estimate of drug-likeness (QED) is 0.866. The summed E-state index contributed by atoms with van der Waals surface area (Å²) >= 11 is 5.89. The van der Waals surface area contributed by atoms with E-state index < -0.39 is 0 Å². The molecular formula is C12H11ClN2O. The average Bonchev–Trinajstić information content (AvgIpc) is 2.27. The van der Waals surface area contributed by atoms with E-state index in [1.54, 1.807) is 24.4 Å². The topological polar surface area (TPSA) is 48.1 Å².